The van der Waals surface area contributed by atoms with Crippen LogP contribution in [0.3, 0.4) is 0 Å². The Morgan fingerprint density at radius 2 is 1.48 bits per heavy atom. The Morgan fingerprint density at radius 3 is 2.06 bits per heavy atom. The van der Waals surface area contributed by atoms with Crippen LogP contribution in [-0.2, 0) is 16.6 Å². The van der Waals surface area contributed by atoms with Crippen molar-refractivity contribution in [3.8, 4) is 17.2 Å². The number of halogens is 1. The van der Waals surface area contributed by atoms with E-state index in [1.54, 1.807) is 49.4 Å². The standard InChI is InChI=1S/C23H24FNO5S/c1-16-8-9-18(12-23(16)24)25(15-17-10-20(29-3)13-21(11-17)30-4)31(26,27)22-7-5-6-19(14-22)28-2/h5-14H,15H2,1-4H3. The molecule has 0 atom stereocenters. The Morgan fingerprint density at radius 1 is 0.839 bits per heavy atom. The first kappa shape index (κ1) is 22.4. The molecule has 0 fully saturated rings. The zero-order valence-electron chi connectivity index (χ0n) is 17.8. The molecule has 3 aromatic carbocycles. The topological polar surface area (TPSA) is 65.1 Å². The number of aryl methyl sites for hydroxylation is 1. The summed E-state index contributed by atoms with van der Waals surface area (Å²) in [7, 11) is 0.436. The average Bonchev–Trinajstić information content (AvgIpc) is 2.79. The fraction of sp³-hybridized carbons (Fsp3) is 0.217. The molecule has 8 heteroatoms. The van der Waals surface area contributed by atoms with Crippen molar-refractivity contribution in [3.63, 3.8) is 0 Å². The number of ether oxygens (including phenoxy) is 3. The first-order valence-corrected chi connectivity index (χ1v) is 10.9. The maximum absolute atomic E-state index is 14.3. The fourth-order valence-corrected chi connectivity index (χ4v) is 4.54. The third-order valence-corrected chi connectivity index (χ3v) is 6.58. The highest BCUT2D eigenvalue weighted by Crippen LogP contribution is 2.31. The minimum Gasteiger partial charge on any atom is -0.497 e. The molecule has 0 saturated heterocycles. The van der Waals surface area contributed by atoms with Gasteiger partial charge in [0.05, 0.1) is 38.5 Å². The van der Waals surface area contributed by atoms with Gasteiger partial charge in [0.2, 0.25) is 0 Å². The van der Waals surface area contributed by atoms with E-state index in [2.05, 4.69) is 0 Å². The lowest BCUT2D eigenvalue weighted by Crippen LogP contribution is -2.30. The fourth-order valence-electron chi connectivity index (χ4n) is 3.06. The monoisotopic (exact) mass is 445 g/mol. The molecule has 0 unspecified atom stereocenters. The van der Waals surface area contributed by atoms with Gasteiger partial charge in [0, 0.05) is 12.1 Å². The minimum atomic E-state index is -4.05. The van der Waals surface area contributed by atoms with Crippen LogP contribution in [0.1, 0.15) is 11.1 Å². The lowest BCUT2D eigenvalue weighted by molar-refractivity contribution is 0.393. The maximum Gasteiger partial charge on any atom is 0.264 e. The van der Waals surface area contributed by atoms with Gasteiger partial charge < -0.3 is 14.2 Å². The second kappa shape index (κ2) is 9.26. The van der Waals surface area contributed by atoms with E-state index in [1.165, 1.54) is 39.5 Å². The van der Waals surface area contributed by atoms with Gasteiger partial charge in [0.25, 0.3) is 10.0 Å². The van der Waals surface area contributed by atoms with Crippen molar-refractivity contribution in [2.24, 2.45) is 0 Å². The van der Waals surface area contributed by atoms with Crippen LogP contribution in [0.5, 0.6) is 17.2 Å². The van der Waals surface area contributed by atoms with Gasteiger partial charge in [0.15, 0.2) is 0 Å². The average molecular weight is 446 g/mol. The second-order valence-electron chi connectivity index (χ2n) is 6.85. The van der Waals surface area contributed by atoms with Gasteiger partial charge in [-0.3, -0.25) is 4.31 Å². The Bertz CT molecular complexity index is 1160. The highest BCUT2D eigenvalue weighted by Gasteiger charge is 2.27. The molecule has 0 amide bonds. The molecule has 3 aromatic rings. The van der Waals surface area contributed by atoms with Crippen molar-refractivity contribution in [3.05, 3.63) is 77.6 Å². The van der Waals surface area contributed by atoms with Gasteiger partial charge in [-0.15, -0.1) is 0 Å². The zero-order chi connectivity index (χ0) is 22.6. The zero-order valence-corrected chi connectivity index (χ0v) is 18.6. The Kier molecular flexibility index (Phi) is 6.70. The normalized spacial score (nSPS) is 11.1. The molecule has 6 nitrogen and oxygen atoms in total. The largest absolute Gasteiger partial charge is 0.497 e. The van der Waals surface area contributed by atoms with E-state index in [1.807, 2.05) is 0 Å². The van der Waals surface area contributed by atoms with Crippen LogP contribution in [0.2, 0.25) is 0 Å². The van der Waals surface area contributed by atoms with Gasteiger partial charge in [-0.25, -0.2) is 12.8 Å². The van der Waals surface area contributed by atoms with Crippen LogP contribution in [0.25, 0.3) is 0 Å². The summed E-state index contributed by atoms with van der Waals surface area (Å²) in [4.78, 5) is 0.0303. The summed E-state index contributed by atoms with van der Waals surface area (Å²) in [6.07, 6.45) is 0. The van der Waals surface area contributed by atoms with Gasteiger partial charge >= 0.3 is 0 Å². The molecule has 0 N–H and O–H groups in total. The predicted molar refractivity (Wildman–Crippen MR) is 117 cm³/mol. The lowest BCUT2D eigenvalue weighted by Gasteiger charge is -2.25. The number of sulfonamides is 1. The van der Waals surface area contributed by atoms with Crippen LogP contribution in [0, 0.1) is 12.7 Å². The molecule has 3 rings (SSSR count). The number of anilines is 1. The summed E-state index contributed by atoms with van der Waals surface area (Å²) in [5, 5.41) is 0. The number of nitrogens with zero attached hydrogens (tertiary/aromatic N) is 1. The Balaban J connectivity index is 2.14. The number of hydrogen-bond donors (Lipinski definition) is 0. The summed E-state index contributed by atoms with van der Waals surface area (Å²) in [5.41, 5.74) is 1.24. The van der Waals surface area contributed by atoms with E-state index in [0.717, 1.165) is 4.31 Å². The molecule has 164 valence electrons. The van der Waals surface area contributed by atoms with E-state index in [4.69, 9.17) is 14.2 Å². The van der Waals surface area contributed by atoms with Crippen molar-refractivity contribution in [2.75, 3.05) is 25.6 Å². The number of rotatable bonds is 8. The SMILES string of the molecule is COc1cc(CN(c2ccc(C)c(F)c2)S(=O)(=O)c2cccc(OC)c2)cc(OC)c1. The molecule has 0 spiro atoms. The van der Waals surface area contributed by atoms with Crippen molar-refractivity contribution < 1.29 is 27.0 Å². The molecule has 0 aliphatic rings. The van der Waals surface area contributed by atoms with E-state index in [9.17, 15) is 12.8 Å². The Labute approximate surface area is 181 Å². The second-order valence-corrected chi connectivity index (χ2v) is 8.71. The molecule has 0 aliphatic heterocycles. The minimum absolute atomic E-state index is 0.0303. The van der Waals surface area contributed by atoms with Crippen LogP contribution in [0.15, 0.2) is 65.6 Å². The van der Waals surface area contributed by atoms with Crippen molar-refractivity contribution in [1.82, 2.24) is 0 Å². The molecule has 0 radical (unpaired) electrons. The molecular formula is C23H24FNO5S. The summed E-state index contributed by atoms with van der Waals surface area (Å²) in [6, 6.07) is 15.6. The van der Waals surface area contributed by atoms with Crippen LogP contribution in [-0.4, -0.2) is 29.7 Å². The van der Waals surface area contributed by atoms with Gasteiger partial charge in [0.1, 0.15) is 23.1 Å². The quantitative estimate of drug-likeness (QED) is 0.509. The third-order valence-electron chi connectivity index (χ3n) is 4.81. The van der Waals surface area contributed by atoms with Crippen molar-refractivity contribution in [1.29, 1.82) is 0 Å². The number of methoxy groups -OCH3 is 3. The van der Waals surface area contributed by atoms with Gasteiger partial charge in [-0.1, -0.05) is 12.1 Å². The van der Waals surface area contributed by atoms with E-state index in [-0.39, 0.29) is 17.1 Å². The summed E-state index contributed by atoms with van der Waals surface area (Å²) >= 11 is 0. The highest BCUT2D eigenvalue weighted by molar-refractivity contribution is 7.92. The van der Waals surface area contributed by atoms with Crippen molar-refractivity contribution in [2.45, 2.75) is 18.4 Å². The van der Waals surface area contributed by atoms with E-state index in [0.29, 0.717) is 28.4 Å². The first-order chi connectivity index (χ1) is 14.8. The predicted octanol–water partition coefficient (Wildman–Crippen LogP) is 4.56. The Hall–Kier alpha value is -3.26. The van der Waals surface area contributed by atoms with Gasteiger partial charge in [-0.05, 0) is 54.4 Å². The highest BCUT2D eigenvalue weighted by atomic mass is 32.2. The van der Waals surface area contributed by atoms with Crippen LogP contribution >= 0.6 is 0 Å². The van der Waals surface area contributed by atoms with E-state index < -0.39 is 15.8 Å². The molecule has 0 heterocycles. The number of hydrogen-bond acceptors (Lipinski definition) is 5. The van der Waals surface area contributed by atoms with Crippen molar-refractivity contribution >= 4 is 15.7 Å². The molecule has 0 bridgehead atoms. The molecule has 31 heavy (non-hydrogen) atoms. The van der Waals surface area contributed by atoms with Crippen LogP contribution in [0.4, 0.5) is 10.1 Å². The van der Waals surface area contributed by atoms with E-state index >= 15 is 0 Å². The maximum atomic E-state index is 14.3. The smallest absolute Gasteiger partial charge is 0.264 e. The summed E-state index contributed by atoms with van der Waals surface area (Å²) in [6.45, 7) is 1.56. The molecule has 0 saturated carbocycles. The first-order valence-electron chi connectivity index (χ1n) is 9.43. The lowest BCUT2D eigenvalue weighted by atomic mass is 10.1. The van der Waals surface area contributed by atoms with Crippen LogP contribution < -0.4 is 18.5 Å². The summed E-state index contributed by atoms with van der Waals surface area (Å²) < 4.78 is 58.5. The van der Waals surface area contributed by atoms with Gasteiger partial charge in [-0.2, -0.15) is 0 Å². The molecular weight excluding hydrogens is 421 g/mol. The molecule has 0 aliphatic carbocycles. The summed E-state index contributed by atoms with van der Waals surface area (Å²) in [5.74, 6) is 0.942. The molecule has 0 aromatic heterocycles. The third kappa shape index (κ3) is 4.91. The number of benzene rings is 3.